The van der Waals surface area contributed by atoms with Crippen molar-refractivity contribution in [2.75, 3.05) is 6.54 Å². The summed E-state index contributed by atoms with van der Waals surface area (Å²) in [6, 6.07) is 10.2. The van der Waals surface area contributed by atoms with Crippen molar-refractivity contribution in [3.05, 3.63) is 54.1 Å². The van der Waals surface area contributed by atoms with Crippen molar-refractivity contribution < 1.29 is 4.79 Å². The second kappa shape index (κ2) is 6.12. The Hall–Kier alpha value is -2.10. The van der Waals surface area contributed by atoms with E-state index in [-0.39, 0.29) is 11.3 Å². The lowest BCUT2D eigenvalue weighted by atomic mass is 9.64. The number of imidazole rings is 1. The minimum Gasteiger partial charge on any atom is -0.355 e. The van der Waals surface area contributed by atoms with E-state index in [2.05, 4.69) is 27.4 Å². The molecule has 3 rings (SSSR count). The first-order valence-electron chi connectivity index (χ1n) is 7.63. The molecular weight excluding hydrogens is 262 g/mol. The van der Waals surface area contributed by atoms with Gasteiger partial charge in [0.05, 0.1) is 5.41 Å². The molecule has 1 aromatic carbocycles. The van der Waals surface area contributed by atoms with Crippen molar-refractivity contribution in [1.82, 2.24) is 15.3 Å². The van der Waals surface area contributed by atoms with Crippen molar-refractivity contribution >= 4 is 5.91 Å². The number of nitrogens with one attached hydrogen (secondary N) is 2. The van der Waals surface area contributed by atoms with Gasteiger partial charge in [0, 0.05) is 25.4 Å². The summed E-state index contributed by atoms with van der Waals surface area (Å²) in [6.45, 7) is 0.702. The second-order valence-corrected chi connectivity index (χ2v) is 5.70. The molecule has 4 heteroatoms. The zero-order valence-electron chi connectivity index (χ0n) is 12.1. The molecule has 0 saturated heterocycles. The molecule has 2 N–H and O–H groups in total. The Bertz CT molecular complexity index is 573. The molecule has 1 heterocycles. The molecule has 1 aliphatic rings. The van der Waals surface area contributed by atoms with Crippen LogP contribution in [0.2, 0.25) is 0 Å². The third-order valence-electron chi connectivity index (χ3n) is 4.40. The minimum absolute atomic E-state index is 0.180. The highest BCUT2D eigenvalue weighted by Crippen LogP contribution is 2.43. The van der Waals surface area contributed by atoms with Crippen LogP contribution in [0.3, 0.4) is 0 Å². The molecule has 4 nitrogen and oxygen atoms in total. The van der Waals surface area contributed by atoms with E-state index in [1.807, 2.05) is 24.4 Å². The van der Waals surface area contributed by atoms with Gasteiger partial charge in [-0.2, -0.15) is 0 Å². The molecule has 2 aromatic rings. The number of hydrogen-bond donors (Lipinski definition) is 2. The van der Waals surface area contributed by atoms with E-state index in [1.165, 1.54) is 0 Å². The fourth-order valence-electron chi connectivity index (χ4n) is 3.00. The van der Waals surface area contributed by atoms with E-state index >= 15 is 0 Å². The lowest BCUT2D eigenvalue weighted by Gasteiger charge is -2.40. The first-order valence-corrected chi connectivity index (χ1v) is 7.63. The zero-order valence-corrected chi connectivity index (χ0v) is 12.1. The zero-order chi connectivity index (χ0) is 14.5. The summed E-state index contributed by atoms with van der Waals surface area (Å²) in [5.41, 5.74) is 0.867. The lowest BCUT2D eigenvalue weighted by Crippen LogP contribution is -2.49. The fraction of sp³-hybridized carbons (Fsp3) is 0.412. The molecule has 1 amide bonds. The molecule has 1 aromatic heterocycles. The highest BCUT2D eigenvalue weighted by atomic mass is 16.2. The first kappa shape index (κ1) is 13.9. The summed E-state index contributed by atoms with van der Waals surface area (Å²) in [6.07, 6.45) is 8.41. The van der Waals surface area contributed by atoms with Crippen molar-refractivity contribution in [3.63, 3.8) is 0 Å². The highest BCUT2D eigenvalue weighted by molar-refractivity contribution is 5.89. The largest absolute Gasteiger partial charge is 0.355 e. The van der Waals surface area contributed by atoms with Crippen LogP contribution in [0.4, 0.5) is 0 Å². The molecule has 0 unspecified atom stereocenters. The maximum Gasteiger partial charge on any atom is 0.230 e. The molecule has 21 heavy (non-hydrogen) atoms. The van der Waals surface area contributed by atoms with Crippen LogP contribution < -0.4 is 5.32 Å². The van der Waals surface area contributed by atoms with Gasteiger partial charge in [0.1, 0.15) is 5.82 Å². The number of carbonyl (C=O) groups is 1. The number of benzene rings is 1. The highest BCUT2D eigenvalue weighted by Gasteiger charge is 2.45. The van der Waals surface area contributed by atoms with Crippen molar-refractivity contribution in [2.45, 2.75) is 37.5 Å². The van der Waals surface area contributed by atoms with Crippen molar-refractivity contribution in [2.24, 2.45) is 0 Å². The Morgan fingerprint density at radius 3 is 2.71 bits per heavy atom. The van der Waals surface area contributed by atoms with Crippen LogP contribution in [0.15, 0.2) is 42.7 Å². The van der Waals surface area contributed by atoms with Crippen LogP contribution in [0.25, 0.3) is 0 Å². The van der Waals surface area contributed by atoms with Gasteiger partial charge in [0.25, 0.3) is 0 Å². The van der Waals surface area contributed by atoms with E-state index in [9.17, 15) is 4.79 Å². The van der Waals surface area contributed by atoms with Gasteiger partial charge in [-0.15, -0.1) is 0 Å². The normalized spacial score (nSPS) is 16.2. The van der Waals surface area contributed by atoms with E-state index in [4.69, 9.17) is 0 Å². The Morgan fingerprint density at radius 2 is 2.10 bits per heavy atom. The topological polar surface area (TPSA) is 57.8 Å². The minimum atomic E-state index is -0.286. The first-order chi connectivity index (χ1) is 10.3. The Morgan fingerprint density at radius 1 is 1.29 bits per heavy atom. The third kappa shape index (κ3) is 2.84. The molecule has 1 aliphatic carbocycles. The number of aryl methyl sites for hydroxylation is 1. The Kier molecular flexibility index (Phi) is 4.04. The predicted octanol–water partition coefficient (Wildman–Crippen LogP) is 2.58. The van der Waals surface area contributed by atoms with Crippen molar-refractivity contribution in [1.29, 1.82) is 0 Å². The number of aromatic nitrogens is 2. The van der Waals surface area contributed by atoms with Crippen LogP contribution in [0, 0.1) is 0 Å². The van der Waals surface area contributed by atoms with Crippen LogP contribution in [0.5, 0.6) is 0 Å². The number of nitrogens with zero attached hydrogens (tertiary/aromatic N) is 1. The van der Waals surface area contributed by atoms with Gasteiger partial charge in [0.2, 0.25) is 5.91 Å². The summed E-state index contributed by atoms with van der Waals surface area (Å²) in [7, 11) is 0. The molecule has 0 atom stereocenters. The molecule has 0 radical (unpaired) electrons. The number of aromatic amines is 1. The molecule has 0 bridgehead atoms. The summed E-state index contributed by atoms with van der Waals surface area (Å²) < 4.78 is 0. The number of H-pyrrole nitrogens is 1. The molecule has 0 aliphatic heterocycles. The van der Waals surface area contributed by atoms with Crippen LogP contribution >= 0.6 is 0 Å². The average molecular weight is 283 g/mol. The smallest absolute Gasteiger partial charge is 0.230 e. The maximum absolute atomic E-state index is 12.6. The van der Waals surface area contributed by atoms with E-state index < -0.39 is 0 Å². The van der Waals surface area contributed by atoms with Crippen LogP contribution in [-0.4, -0.2) is 22.4 Å². The van der Waals surface area contributed by atoms with E-state index in [1.54, 1.807) is 6.20 Å². The number of hydrogen-bond acceptors (Lipinski definition) is 2. The Labute approximate surface area is 125 Å². The van der Waals surface area contributed by atoms with Gasteiger partial charge in [-0.25, -0.2) is 4.98 Å². The standard InChI is InChI=1S/C17H21N3O/c21-16(20-11-4-8-15-18-12-13-19-15)17(9-5-10-17)14-6-2-1-3-7-14/h1-3,6-7,12-13H,4-5,8-11H2,(H,18,19)(H,20,21). The SMILES string of the molecule is O=C(NCCCc1ncc[nH]1)C1(c2ccccc2)CCC1. The summed E-state index contributed by atoms with van der Waals surface area (Å²) in [5.74, 6) is 1.16. The van der Waals surface area contributed by atoms with E-state index in [0.717, 1.165) is 43.5 Å². The average Bonchev–Trinajstić information content (AvgIpc) is 2.97. The second-order valence-electron chi connectivity index (χ2n) is 5.70. The van der Waals surface area contributed by atoms with Crippen molar-refractivity contribution in [3.8, 4) is 0 Å². The van der Waals surface area contributed by atoms with Crippen LogP contribution in [0.1, 0.15) is 37.1 Å². The lowest BCUT2D eigenvalue weighted by molar-refractivity contribution is -0.129. The Balaban J connectivity index is 1.54. The van der Waals surface area contributed by atoms with Crippen LogP contribution in [-0.2, 0) is 16.6 Å². The van der Waals surface area contributed by atoms with Gasteiger partial charge >= 0.3 is 0 Å². The molecule has 1 fully saturated rings. The summed E-state index contributed by atoms with van der Waals surface area (Å²) in [4.78, 5) is 19.8. The monoisotopic (exact) mass is 283 g/mol. The maximum atomic E-state index is 12.6. The van der Waals surface area contributed by atoms with Gasteiger partial charge in [-0.05, 0) is 24.8 Å². The van der Waals surface area contributed by atoms with Gasteiger partial charge in [0.15, 0.2) is 0 Å². The van der Waals surface area contributed by atoms with Gasteiger partial charge in [-0.1, -0.05) is 36.8 Å². The predicted molar refractivity (Wildman–Crippen MR) is 81.9 cm³/mol. The third-order valence-corrected chi connectivity index (χ3v) is 4.40. The molecule has 1 saturated carbocycles. The number of amides is 1. The molecule has 0 spiro atoms. The summed E-state index contributed by atoms with van der Waals surface area (Å²) >= 11 is 0. The quantitative estimate of drug-likeness (QED) is 0.801. The number of carbonyl (C=O) groups excluding carboxylic acids is 1. The van der Waals surface area contributed by atoms with Gasteiger partial charge in [-0.3, -0.25) is 4.79 Å². The number of rotatable bonds is 6. The van der Waals surface area contributed by atoms with Gasteiger partial charge < -0.3 is 10.3 Å². The molecular formula is C17H21N3O. The summed E-state index contributed by atoms with van der Waals surface area (Å²) in [5, 5.41) is 3.11. The molecule has 110 valence electrons. The van der Waals surface area contributed by atoms with E-state index in [0.29, 0.717) is 6.54 Å². The fourth-order valence-corrected chi connectivity index (χ4v) is 3.00.